The molecule has 0 radical (unpaired) electrons. The summed E-state index contributed by atoms with van der Waals surface area (Å²) in [6, 6.07) is 0. The standard InChI is InChI=1S/C8H16BNO3/c9-4-1-2-6-8(10,7(11)12)3-5-13-6/h6H,1-5,9-10H2,(H,11,12)/t6-,8-/m0/s1. The summed E-state index contributed by atoms with van der Waals surface area (Å²) in [7, 11) is 2.06. The van der Waals surface area contributed by atoms with Crippen LogP contribution in [0.15, 0.2) is 0 Å². The van der Waals surface area contributed by atoms with Crippen LogP contribution in [0.2, 0.25) is 6.32 Å². The molecule has 0 bridgehead atoms. The first-order valence-corrected chi connectivity index (χ1v) is 4.75. The molecule has 1 saturated heterocycles. The minimum atomic E-state index is -1.14. The quantitative estimate of drug-likeness (QED) is 0.573. The minimum Gasteiger partial charge on any atom is -0.480 e. The predicted octanol–water partition coefficient (Wildman–Crippen LogP) is -0.611. The number of hydrogen-bond donors (Lipinski definition) is 2. The highest BCUT2D eigenvalue weighted by molar-refractivity contribution is 6.08. The number of aliphatic carboxylic acids is 1. The van der Waals surface area contributed by atoms with Crippen molar-refractivity contribution in [1.82, 2.24) is 0 Å². The maximum Gasteiger partial charge on any atom is 0.326 e. The highest BCUT2D eigenvalue weighted by Gasteiger charge is 2.46. The molecule has 0 saturated carbocycles. The van der Waals surface area contributed by atoms with Gasteiger partial charge in [-0.25, -0.2) is 0 Å². The number of carboxylic acids is 1. The summed E-state index contributed by atoms with van der Waals surface area (Å²) in [5, 5.41) is 8.94. The normalized spacial score (nSPS) is 33.5. The molecular weight excluding hydrogens is 169 g/mol. The van der Waals surface area contributed by atoms with E-state index < -0.39 is 11.5 Å². The van der Waals surface area contributed by atoms with Crippen molar-refractivity contribution >= 4 is 13.8 Å². The molecular formula is C8H16BNO3. The second kappa shape index (κ2) is 4.11. The van der Waals surface area contributed by atoms with Crippen LogP contribution in [0.5, 0.6) is 0 Å². The molecule has 0 aliphatic carbocycles. The lowest BCUT2D eigenvalue weighted by atomic mass is 9.87. The summed E-state index contributed by atoms with van der Waals surface area (Å²) in [6.07, 6.45) is 2.88. The van der Waals surface area contributed by atoms with Crippen molar-refractivity contribution in [2.45, 2.75) is 37.2 Å². The van der Waals surface area contributed by atoms with Gasteiger partial charge in [-0.05, 0) is 6.42 Å². The minimum absolute atomic E-state index is 0.301. The van der Waals surface area contributed by atoms with Crippen molar-refractivity contribution < 1.29 is 14.6 Å². The fourth-order valence-corrected chi connectivity index (χ4v) is 1.65. The summed E-state index contributed by atoms with van der Waals surface area (Å²) < 4.78 is 5.33. The van der Waals surface area contributed by atoms with Gasteiger partial charge in [0.2, 0.25) is 0 Å². The van der Waals surface area contributed by atoms with E-state index in [1.165, 1.54) is 0 Å². The van der Waals surface area contributed by atoms with E-state index in [-0.39, 0.29) is 6.10 Å². The summed E-state index contributed by atoms with van der Waals surface area (Å²) in [5.74, 6) is -0.939. The Labute approximate surface area is 78.8 Å². The molecule has 0 aromatic carbocycles. The van der Waals surface area contributed by atoms with Crippen LogP contribution < -0.4 is 5.73 Å². The number of hydrogen-bond acceptors (Lipinski definition) is 3. The summed E-state index contributed by atoms with van der Waals surface area (Å²) >= 11 is 0. The number of ether oxygens (including phenoxy) is 1. The van der Waals surface area contributed by atoms with Crippen LogP contribution in [0.3, 0.4) is 0 Å². The van der Waals surface area contributed by atoms with Crippen molar-refractivity contribution in [1.29, 1.82) is 0 Å². The van der Waals surface area contributed by atoms with Crippen molar-refractivity contribution in [2.75, 3.05) is 6.61 Å². The van der Waals surface area contributed by atoms with Crippen molar-refractivity contribution in [2.24, 2.45) is 5.73 Å². The van der Waals surface area contributed by atoms with E-state index in [4.69, 9.17) is 15.6 Å². The lowest BCUT2D eigenvalue weighted by molar-refractivity contribution is -0.145. The Balaban J connectivity index is 2.57. The molecule has 0 spiro atoms. The third kappa shape index (κ3) is 2.03. The van der Waals surface area contributed by atoms with Gasteiger partial charge in [-0.3, -0.25) is 4.79 Å². The van der Waals surface area contributed by atoms with E-state index >= 15 is 0 Å². The van der Waals surface area contributed by atoms with Gasteiger partial charge in [0.1, 0.15) is 13.4 Å². The van der Waals surface area contributed by atoms with E-state index in [0.29, 0.717) is 13.0 Å². The fraction of sp³-hybridized carbons (Fsp3) is 0.875. The monoisotopic (exact) mass is 185 g/mol. The van der Waals surface area contributed by atoms with Gasteiger partial charge in [-0.1, -0.05) is 12.7 Å². The van der Waals surface area contributed by atoms with Gasteiger partial charge in [0, 0.05) is 13.0 Å². The third-order valence-corrected chi connectivity index (χ3v) is 2.63. The maximum atomic E-state index is 10.9. The van der Waals surface area contributed by atoms with Crippen molar-refractivity contribution in [3.63, 3.8) is 0 Å². The van der Waals surface area contributed by atoms with Crippen molar-refractivity contribution in [3.8, 4) is 0 Å². The van der Waals surface area contributed by atoms with E-state index in [1.807, 2.05) is 0 Å². The van der Waals surface area contributed by atoms with Gasteiger partial charge < -0.3 is 15.6 Å². The number of carboxylic acid groups (broad SMARTS) is 1. The topological polar surface area (TPSA) is 72.5 Å². The molecule has 0 aromatic heterocycles. The highest BCUT2D eigenvalue weighted by Crippen LogP contribution is 2.27. The van der Waals surface area contributed by atoms with Gasteiger partial charge >= 0.3 is 5.97 Å². The van der Waals surface area contributed by atoms with Crippen LogP contribution in [0.25, 0.3) is 0 Å². The zero-order chi connectivity index (χ0) is 9.90. The highest BCUT2D eigenvalue weighted by atomic mass is 16.5. The van der Waals surface area contributed by atoms with Crippen molar-refractivity contribution in [3.05, 3.63) is 0 Å². The molecule has 4 nitrogen and oxygen atoms in total. The molecule has 2 atom stereocenters. The van der Waals surface area contributed by atoms with Gasteiger partial charge in [0.25, 0.3) is 0 Å². The average Bonchev–Trinajstić information content (AvgIpc) is 2.45. The largest absolute Gasteiger partial charge is 0.480 e. The van der Waals surface area contributed by atoms with Crippen LogP contribution in [0.1, 0.15) is 19.3 Å². The van der Waals surface area contributed by atoms with E-state index in [2.05, 4.69) is 7.85 Å². The van der Waals surface area contributed by atoms with E-state index in [1.54, 1.807) is 0 Å². The smallest absolute Gasteiger partial charge is 0.326 e. The Bertz CT molecular complexity index is 200. The molecule has 3 N–H and O–H groups in total. The van der Waals surface area contributed by atoms with Crippen LogP contribution in [0, 0.1) is 0 Å². The summed E-state index contributed by atoms with van der Waals surface area (Å²) in [4.78, 5) is 10.9. The predicted molar refractivity (Wildman–Crippen MR) is 51.5 cm³/mol. The van der Waals surface area contributed by atoms with Crippen LogP contribution in [-0.4, -0.2) is 37.2 Å². The van der Waals surface area contributed by atoms with E-state index in [9.17, 15) is 4.79 Å². The Morgan fingerprint density at radius 2 is 2.46 bits per heavy atom. The number of rotatable bonds is 4. The zero-order valence-electron chi connectivity index (χ0n) is 7.95. The first-order valence-electron chi connectivity index (χ1n) is 4.75. The average molecular weight is 185 g/mol. The SMILES string of the molecule is BCCC[C@@H]1OCC[C@@]1(N)C(=O)O. The molecule has 0 unspecified atom stereocenters. The molecule has 1 aliphatic heterocycles. The van der Waals surface area contributed by atoms with Gasteiger partial charge in [-0.2, -0.15) is 0 Å². The second-order valence-corrected chi connectivity index (χ2v) is 3.60. The summed E-state index contributed by atoms with van der Waals surface area (Å²) in [6.45, 7) is 0.469. The fourth-order valence-electron chi connectivity index (χ4n) is 1.65. The Morgan fingerprint density at radius 3 is 3.00 bits per heavy atom. The zero-order valence-corrected chi connectivity index (χ0v) is 7.95. The van der Waals surface area contributed by atoms with Gasteiger partial charge in [0.05, 0.1) is 6.10 Å². The van der Waals surface area contributed by atoms with Crippen LogP contribution >= 0.6 is 0 Å². The number of carbonyl (C=O) groups is 1. The molecule has 0 amide bonds. The molecule has 1 rings (SSSR count). The third-order valence-electron chi connectivity index (χ3n) is 2.63. The lowest BCUT2D eigenvalue weighted by Crippen LogP contribution is -2.54. The molecule has 5 heteroatoms. The molecule has 74 valence electrons. The Kier molecular flexibility index (Phi) is 3.33. The summed E-state index contributed by atoms with van der Waals surface area (Å²) in [5.41, 5.74) is 4.62. The second-order valence-electron chi connectivity index (χ2n) is 3.60. The lowest BCUT2D eigenvalue weighted by Gasteiger charge is -2.24. The van der Waals surface area contributed by atoms with Crippen LogP contribution in [0.4, 0.5) is 0 Å². The molecule has 1 aliphatic rings. The molecule has 13 heavy (non-hydrogen) atoms. The molecule has 1 heterocycles. The van der Waals surface area contributed by atoms with Crippen LogP contribution in [-0.2, 0) is 9.53 Å². The first-order chi connectivity index (χ1) is 6.11. The first kappa shape index (κ1) is 10.5. The maximum absolute atomic E-state index is 10.9. The van der Waals surface area contributed by atoms with Gasteiger partial charge in [-0.15, -0.1) is 0 Å². The Morgan fingerprint density at radius 1 is 1.77 bits per heavy atom. The van der Waals surface area contributed by atoms with Gasteiger partial charge in [0.15, 0.2) is 0 Å². The Hall–Kier alpha value is -0.545. The molecule has 0 aromatic rings. The van der Waals surface area contributed by atoms with E-state index in [0.717, 1.165) is 19.2 Å². The molecule has 1 fully saturated rings. The number of nitrogens with two attached hydrogens (primary N) is 1.